The molecule has 0 aromatic rings. The van der Waals surface area contributed by atoms with Gasteiger partial charge in [0.15, 0.2) is 0 Å². The highest BCUT2D eigenvalue weighted by molar-refractivity contribution is 5.73. The van der Waals surface area contributed by atoms with Crippen molar-refractivity contribution in [3.8, 4) is 0 Å². The Morgan fingerprint density at radius 1 is 1.29 bits per heavy atom. The molecule has 0 saturated carbocycles. The number of rotatable bonds is 2. The van der Waals surface area contributed by atoms with E-state index in [0.29, 0.717) is 0 Å². The van der Waals surface area contributed by atoms with Crippen LogP contribution in [0.1, 0.15) is 26.7 Å². The molecule has 1 aliphatic rings. The van der Waals surface area contributed by atoms with Gasteiger partial charge in [0.2, 0.25) is 0 Å². The first-order valence-corrected chi connectivity index (χ1v) is 4.85. The molecule has 0 amide bonds. The Hall–Kier alpha value is -1.09. The zero-order valence-electron chi connectivity index (χ0n) is 8.81. The van der Waals surface area contributed by atoms with Crippen molar-refractivity contribution >= 4 is 5.97 Å². The van der Waals surface area contributed by atoms with E-state index in [1.165, 1.54) is 12.8 Å². The average Bonchev–Trinajstić information content (AvgIpc) is 2.20. The third-order valence-electron chi connectivity index (χ3n) is 1.89. The summed E-state index contributed by atoms with van der Waals surface area (Å²) in [5.41, 5.74) is 5.16. The fourth-order valence-electron chi connectivity index (χ4n) is 0.827. The fourth-order valence-corrected chi connectivity index (χ4v) is 0.827. The second-order valence-corrected chi connectivity index (χ2v) is 3.54. The van der Waals surface area contributed by atoms with Crippen LogP contribution in [0.4, 0.5) is 0 Å². The zero-order valence-corrected chi connectivity index (χ0v) is 8.81. The number of nitrogens with two attached hydrogens (primary N) is 1. The SMILES string of the molecule is C1=CCCC=C1.CC(C)[C@H](N)C(=O)O. The first-order chi connectivity index (χ1) is 6.55. The number of carbonyl (C=O) groups is 1. The van der Waals surface area contributed by atoms with Crippen LogP contribution in [-0.4, -0.2) is 17.1 Å². The van der Waals surface area contributed by atoms with E-state index >= 15 is 0 Å². The number of hydrogen-bond acceptors (Lipinski definition) is 2. The Morgan fingerprint density at radius 2 is 1.71 bits per heavy atom. The minimum atomic E-state index is -0.931. The third-order valence-corrected chi connectivity index (χ3v) is 1.89. The minimum absolute atomic E-state index is 0.0208. The van der Waals surface area contributed by atoms with Crippen LogP contribution in [0, 0.1) is 5.92 Å². The first-order valence-electron chi connectivity index (χ1n) is 4.85. The smallest absolute Gasteiger partial charge is 0.320 e. The van der Waals surface area contributed by atoms with Gasteiger partial charge in [-0.05, 0) is 18.8 Å². The lowest BCUT2D eigenvalue weighted by Crippen LogP contribution is -2.34. The minimum Gasteiger partial charge on any atom is -0.480 e. The topological polar surface area (TPSA) is 63.3 Å². The predicted molar refractivity (Wildman–Crippen MR) is 58.0 cm³/mol. The summed E-state index contributed by atoms with van der Waals surface area (Å²) in [4.78, 5) is 10.0. The number of allylic oxidation sites excluding steroid dienone is 4. The molecule has 0 radical (unpaired) electrons. The van der Waals surface area contributed by atoms with Gasteiger partial charge in [-0.2, -0.15) is 0 Å². The molecule has 0 fully saturated rings. The van der Waals surface area contributed by atoms with Gasteiger partial charge in [-0.15, -0.1) is 0 Å². The highest BCUT2D eigenvalue weighted by Crippen LogP contribution is 1.98. The molecule has 0 heterocycles. The Kier molecular flexibility index (Phi) is 6.76. The summed E-state index contributed by atoms with van der Waals surface area (Å²) < 4.78 is 0. The molecule has 0 aliphatic heterocycles. The van der Waals surface area contributed by atoms with Gasteiger partial charge in [0.05, 0.1) is 0 Å². The third kappa shape index (κ3) is 6.43. The zero-order chi connectivity index (χ0) is 11.0. The van der Waals surface area contributed by atoms with Gasteiger partial charge >= 0.3 is 5.97 Å². The molecule has 80 valence electrons. The van der Waals surface area contributed by atoms with E-state index in [-0.39, 0.29) is 5.92 Å². The lowest BCUT2D eigenvalue weighted by molar-refractivity contribution is -0.139. The van der Waals surface area contributed by atoms with E-state index < -0.39 is 12.0 Å². The van der Waals surface area contributed by atoms with Crippen molar-refractivity contribution < 1.29 is 9.90 Å². The summed E-state index contributed by atoms with van der Waals surface area (Å²) in [6.45, 7) is 3.55. The lowest BCUT2D eigenvalue weighted by Gasteiger charge is -2.07. The molecular formula is C11H19NO2. The van der Waals surface area contributed by atoms with Crippen LogP contribution in [0.25, 0.3) is 0 Å². The number of hydrogen-bond donors (Lipinski definition) is 2. The molecule has 3 heteroatoms. The van der Waals surface area contributed by atoms with E-state index in [1.807, 2.05) is 0 Å². The van der Waals surface area contributed by atoms with Crippen molar-refractivity contribution in [3.63, 3.8) is 0 Å². The Balaban J connectivity index is 0.000000249. The molecule has 0 aromatic carbocycles. The average molecular weight is 197 g/mol. The van der Waals surface area contributed by atoms with Crippen molar-refractivity contribution in [2.75, 3.05) is 0 Å². The van der Waals surface area contributed by atoms with Crippen LogP contribution in [0.3, 0.4) is 0 Å². The molecular weight excluding hydrogens is 178 g/mol. The maximum absolute atomic E-state index is 10.0. The van der Waals surface area contributed by atoms with E-state index in [9.17, 15) is 4.79 Å². The molecule has 1 atom stereocenters. The highest BCUT2D eigenvalue weighted by atomic mass is 16.4. The van der Waals surface area contributed by atoms with E-state index in [2.05, 4.69) is 24.3 Å². The summed E-state index contributed by atoms with van der Waals surface area (Å²) in [7, 11) is 0. The largest absolute Gasteiger partial charge is 0.480 e. The van der Waals surface area contributed by atoms with Crippen LogP contribution in [0.5, 0.6) is 0 Å². The van der Waals surface area contributed by atoms with Crippen LogP contribution in [0.15, 0.2) is 24.3 Å². The van der Waals surface area contributed by atoms with Crippen LogP contribution >= 0.6 is 0 Å². The quantitative estimate of drug-likeness (QED) is 0.711. The molecule has 0 unspecified atom stereocenters. The molecule has 1 aliphatic carbocycles. The van der Waals surface area contributed by atoms with E-state index in [1.54, 1.807) is 13.8 Å². The van der Waals surface area contributed by atoms with E-state index in [0.717, 1.165) is 0 Å². The predicted octanol–water partition coefficient (Wildman–Crippen LogP) is 1.95. The summed E-state index contributed by atoms with van der Waals surface area (Å²) in [5, 5.41) is 8.23. The Bertz CT molecular complexity index is 207. The fraction of sp³-hybridized carbons (Fsp3) is 0.545. The van der Waals surface area contributed by atoms with Crippen LogP contribution in [-0.2, 0) is 4.79 Å². The van der Waals surface area contributed by atoms with Crippen LogP contribution in [0.2, 0.25) is 0 Å². The van der Waals surface area contributed by atoms with Crippen molar-refractivity contribution in [2.45, 2.75) is 32.7 Å². The normalized spacial score (nSPS) is 16.0. The molecule has 3 N–H and O–H groups in total. The number of carboxylic acid groups (broad SMARTS) is 1. The monoisotopic (exact) mass is 197 g/mol. The summed E-state index contributed by atoms with van der Waals surface area (Å²) in [6, 6.07) is -0.713. The Morgan fingerprint density at radius 3 is 1.79 bits per heavy atom. The number of aliphatic carboxylic acids is 1. The van der Waals surface area contributed by atoms with E-state index in [4.69, 9.17) is 10.8 Å². The molecule has 0 bridgehead atoms. The first kappa shape index (κ1) is 12.9. The maximum Gasteiger partial charge on any atom is 0.320 e. The van der Waals surface area contributed by atoms with Crippen LogP contribution < -0.4 is 5.73 Å². The van der Waals surface area contributed by atoms with Gasteiger partial charge in [0, 0.05) is 0 Å². The van der Waals surface area contributed by atoms with Gasteiger partial charge in [-0.25, -0.2) is 0 Å². The molecule has 3 nitrogen and oxygen atoms in total. The second kappa shape index (κ2) is 7.33. The van der Waals surface area contributed by atoms with Crippen molar-refractivity contribution in [3.05, 3.63) is 24.3 Å². The summed E-state index contributed by atoms with van der Waals surface area (Å²) >= 11 is 0. The molecule has 0 aromatic heterocycles. The van der Waals surface area contributed by atoms with Gasteiger partial charge in [0.1, 0.15) is 6.04 Å². The summed E-state index contributed by atoms with van der Waals surface area (Å²) in [5.74, 6) is -0.910. The van der Waals surface area contributed by atoms with Gasteiger partial charge in [0.25, 0.3) is 0 Å². The van der Waals surface area contributed by atoms with Gasteiger partial charge in [-0.1, -0.05) is 38.2 Å². The highest BCUT2D eigenvalue weighted by Gasteiger charge is 2.14. The van der Waals surface area contributed by atoms with Crippen molar-refractivity contribution in [1.29, 1.82) is 0 Å². The Labute approximate surface area is 85.3 Å². The molecule has 0 saturated heterocycles. The molecule has 14 heavy (non-hydrogen) atoms. The number of carboxylic acids is 1. The summed E-state index contributed by atoms with van der Waals surface area (Å²) in [6.07, 6.45) is 11.0. The lowest BCUT2D eigenvalue weighted by atomic mass is 10.1. The standard InChI is InChI=1S/C6H8.C5H11NO2/c1-2-4-6-5-3-1;1-3(2)4(6)5(7)8/h1-4H,5-6H2;3-4H,6H2,1-2H3,(H,7,8)/t;4-/m.0/s1. The van der Waals surface area contributed by atoms with Crippen molar-refractivity contribution in [2.24, 2.45) is 11.7 Å². The molecule has 1 rings (SSSR count). The van der Waals surface area contributed by atoms with Gasteiger partial charge in [-0.3, -0.25) is 4.79 Å². The van der Waals surface area contributed by atoms with Crippen molar-refractivity contribution in [1.82, 2.24) is 0 Å². The maximum atomic E-state index is 10.0. The second-order valence-electron chi connectivity index (χ2n) is 3.54. The van der Waals surface area contributed by atoms with Gasteiger partial charge < -0.3 is 10.8 Å². The molecule has 0 spiro atoms.